The Morgan fingerprint density at radius 1 is 1.03 bits per heavy atom. The molecule has 2 aromatic heterocycles. The van der Waals surface area contributed by atoms with Gasteiger partial charge in [-0.2, -0.15) is 5.10 Å². The molecule has 0 aliphatic carbocycles. The number of anilines is 1. The lowest BCUT2D eigenvalue weighted by atomic mass is 10.1. The van der Waals surface area contributed by atoms with Crippen LogP contribution in [0.25, 0.3) is 16.9 Å². The average molecular weight is 428 g/mol. The summed E-state index contributed by atoms with van der Waals surface area (Å²) >= 11 is 0. The molecule has 0 aliphatic rings. The fraction of sp³-hybridized carbons (Fsp3) is 0.200. The molecular formula is C25H24N4O3. The highest BCUT2D eigenvalue weighted by atomic mass is 16.5. The fourth-order valence-electron chi connectivity index (χ4n) is 3.77. The first-order valence-electron chi connectivity index (χ1n) is 10.4. The van der Waals surface area contributed by atoms with Crippen LogP contribution in [0.2, 0.25) is 0 Å². The Morgan fingerprint density at radius 3 is 2.50 bits per heavy atom. The van der Waals surface area contributed by atoms with Gasteiger partial charge in [0.1, 0.15) is 0 Å². The van der Waals surface area contributed by atoms with E-state index < -0.39 is 5.97 Å². The van der Waals surface area contributed by atoms with E-state index in [1.807, 2.05) is 54.8 Å². The zero-order chi connectivity index (χ0) is 22.7. The molecule has 32 heavy (non-hydrogen) atoms. The minimum Gasteiger partial charge on any atom is -0.465 e. The number of rotatable bonds is 6. The molecule has 0 atom stereocenters. The number of methoxy groups -OCH3 is 1. The second-order valence-electron chi connectivity index (χ2n) is 7.51. The predicted molar refractivity (Wildman–Crippen MR) is 123 cm³/mol. The average Bonchev–Trinajstić information content (AvgIpc) is 3.23. The van der Waals surface area contributed by atoms with Gasteiger partial charge in [-0.1, -0.05) is 42.5 Å². The number of esters is 1. The molecule has 0 bridgehead atoms. The van der Waals surface area contributed by atoms with Crippen LogP contribution in [0.4, 0.5) is 5.69 Å². The molecule has 1 N–H and O–H groups in total. The molecule has 2 aromatic carbocycles. The highest BCUT2D eigenvalue weighted by molar-refractivity contribution is 6.01. The zero-order valence-electron chi connectivity index (χ0n) is 18.3. The monoisotopic (exact) mass is 428 g/mol. The van der Waals surface area contributed by atoms with Crippen molar-refractivity contribution in [1.82, 2.24) is 14.6 Å². The predicted octanol–water partition coefficient (Wildman–Crippen LogP) is 4.37. The first kappa shape index (κ1) is 21.2. The molecule has 7 nitrogen and oxygen atoms in total. The third-order valence-corrected chi connectivity index (χ3v) is 5.44. The van der Waals surface area contributed by atoms with E-state index in [0.717, 1.165) is 33.9 Å². The number of amides is 1. The van der Waals surface area contributed by atoms with Crippen LogP contribution < -0.4 is 5.32 Å². The van der Waals surface area contributed by atoms with Gasteiger partial charge in [0.2, 0.25) is 5.91 Å². The Kier molecular flexibility index (Phi) is 5.98. The second-order valence-corrected chi connectivity index (χ2v) is 7.51. The summed E-state index contributed by atoms with van der Waals surface area (Å²) in [5.41, 5.74) is 6.23. The number of para-hydroxylation sites is 1. The van der Waals surface area contributed by atoms with Gasteiger partial charge < -0.3 is 10.1 Å². The number of fused-ring (bicyclic) bond motifs is 1. The van der Waals surface area contributed by atoms with Crippen molar-refractivity contribution in [3.63, 3.8) is 0 Å². The quantitative estimate of drug-likeness (QED) is 0.461. The molecule has 2 heterocycles. The SMILES string of the molecule is COC(=O)c1ccccc1NC(=O)CCc1c(C)nc2cc(-c3ccccc3)nn2c1C. The molecule has 0 saturated carbocycles. The molecule has 0 aliphatic heterocycles. The maximum atomic E-state index is 12.6. The van der Waals surface area contributed by atoms with E-state index >= 15 is 0 Å². The smallest absolute Gasteiger partial charge is 0.339 e. The Labute approximate surface area is 186 Å². The topological polar surface area (TPSA) is 85.6 Å². The van der Waals surface area contributed by atoms with Gasteiger partial charge in [-0.25, -0.2) is 14.3 Å². The lowest BCUT2D eigenvalue weighted by molar-refractivity contribution is -0.116. The number of aryl methyl sites for hydroxylation is 2. The Morgan fingerprint density at radius 2 is 1.75 bits per heavy atom. The first-order valence-corrected chi connectivity index (χ1v) is 10.4. The third kappa shape index (κ3) is 4.23. The Bertz CT molecular complexity index is 1300. The third-order valence-electron chi connectivity index (χ3n) is 5.44. The van der Waals surface area contributed by atoms with E-state index in [2.05, 4.69) is 5.32 Å². The standard InChI is InChI=1S/C25H24N4O3/c1-16-19(13-14-24(30)27-21-12-8-7-11-20(21)25(31)32-3)17(2)29-23(26-16)15-22(28-29)18-9-5-4-6-10-18/h4-12,15H,13-14H2,1-3H3,(H,27,30). The Hall–Kier alpha value is -4.00. The summed E-state index contributed by atoms with van der Waals surface area (Å²) in [7, 11) is 1.31. The first-order chi connectivity index (χ1) is 15.5. The van der Waals surface area contributed by atoms with Gasteiger partial charge in [0.25, 0.3) is 0 Å². The van der Waals surface area contributed by atoms with Crippen molar-refractivity contribution in [2.24, 2.45) is 0 Å². The van der Waals surface area contributed by atoms with Crippen molar-refractivity contribution in [3.05, 3.63) is 83.2 Å². The lowest BCUT2D eigenvalue weighted by Crippen LogP contribution is -2.16. The van der Waals surface area contributed by atoms with Gasteiger partial charge in [-0.15, -0.1) is 0 Å². The maximum Gasteiger partial charge on any atom is 0.339 e. The van der Waals surface area contributed by atoms with Crippen LogP contribution in [0, 0.1) is 13.8 Å². The summed E-state index contributed by atoms with van der Waals surface area (Å²) in [5, 5.41) is 7.54. The van der Waals surface area contributed by atoms with E-state index in [1.54, 1.807) is 24.3 Å². The molecule has 0 fully saturated rings. The van der Waals surface area contributed by atoms with Crippen LogP contribution in [0.15, 0.2) is 60.7 Å². The minimum absolute atomic E-state index is 0.189. The van der Waals surface area contributed by atoms with E-state index in [0.29, 0.717) is 17.7 Å². The number of nitrogens with zero attached hydrogens (tertiary/aromatic N) is 3. The highest BCUT2D eigenvalue weighted by Crippen LogP contribution is 2.23. The lowest BCUT2D eigenvalue weighted by Gasteiger charge is -2.12. The van der Waals surface area contributed by atoms with Gasteiger partial charge in [0.15, 0.2) is 5.65 Å². The largest absolute Gasteiger partial charge is 0.465 e. The fourth-order valence-corrected chi connectivity index (χ4v) is 3.77. The van der Waals surface area contributed by atoms with Crippen LogP contribution in [0.3, 0.4) is 0 Å². The summed E-state index contributed by atoms with van der Waals surface area (Å²) < 4.78 is 6.61. The molecule has 162 valence electrons. The van der Waals surface area contributed by atoms with E-state index in [4.69, 9.17) is 14.8 Å². The number of benzene rings is 2. The number of nitrogens with one attached hydrogen (secondary N) is 1. The number of hydrogen-bond donors (Lipinski definition) is 1. The molecule has 1 amide bonds. The van der Waals surface area contributed by atoms with Gasteiger partial charge >= 0.3 is 5.97 Å². The van der Waals surface area contributed by atoms with Crippen molar-refractivity contribution in [2.45, 2.75) is 26.7 Å². The highest BCUT2D eigenvalue weighted by Gasteiger charge is 2.16. The van der Waals surface area contributed by atoms with Gasteiger partial charge in [-0.3, -0.25) is 4.79 Å². The van der Waals surface area contributed by atoms with Gasteiger partial charge in [-0.05, 0) is 38.0 Å². The summed E-state index contributed by atoms with van der Waals surface area (Å²) in [6.07, 6.45) is 0.755. The van der Waals surface area contributed by atoms with Crippen molar-refractivity contribution < 1.29 is 14.3 Å². The molecule has 7 heteroatoms. The normalized spacial score (nSPS) is 10.8. The maximum absolute atomic E-state index is 12.6. The number of carbonyl (C=O) groups excluding carboxylic acids is 2. The molecule has 4 rings (SSSR count). The van der Waals surface area contributed by atoms with E-state index in [1.165, 1.54) is 7.11 Å². The molecule has 0 unspecified atom stereocenters. The summed E-state index contributed by atoms with van der Waals surface area (Å²) in [4.78, 5) is 29.2. The number of aromatic nitrogens is 3. The Balaban J connectivity index is 1.53. The summed E-state index contributed by atoms with van der Waals surface area (Å²) in [5.74, 6) is -0.680. The van der Waals surface area contributed by atoms with Crippen molar-refractivity contribution in [3.8, 4) is 11.3 Å². The number of ether oxygens (including phenoxy) is 1. The molecule has 0 spiro atoms. The van der Waals surface area contributed by atoms with Crippen LogP contribution in [-0.2, 0) is 16.0 Å². The van der Waals surface area contributed by atoms with Crippen molar-refractivity contribution in [1.29, 1.82) is 0 Å². The number of hydrogen-bond acceptors (Lipinski definition) is 5. The number of carbonyl (C=O) groups is 2. The van der Waals surface area contributed by atoms with Crippen LogP contribution in [0.5, 0.6) is 0 Å². The molecule has 0 radical (unpaired) electrons. The van der Waals surface area contributed by atoms with E-state index in [9.17, 15) is 9.59 Å². The molecule has 0 saturated heterocycles. The van der Waals surface area contributed by atoms with Crippen molar-refractivity contribution in [2.75, 3.05) is 12.4 Å². The van der Waals surface area contributed by atoms with Crippen LogP contribution in [0.1, 0.15) is 33.7 Å². The minimum atomic E-state index is -0.491. The summed E-state index contributed by atoms with van der Waals surface area (Å²) in [6.45, 7) is 3.94. The van der Waals surface area contributed by atoms with Crippen molar-refractivity contribution >= 4 is 23.2 Å². The van der Waals surface area contributed by atoms with E-state index in [-0.39, 0.29) is 12.3 Å². The van der Waals surface area contributed by atoms with Crippen LogP contribution >= 0.6 is 0 Å². The van der Waals surface area contributed by atoms with Gasteiger partial charge in [0, 0.05) is 29.4 Å². The second kappa shape index (κ2) is 9.01. The molecule has 4 aromatic rings. The molecular weight excluding hydrogens is 404 g/mol. The van der Waals surface area contributed by atoms with Gasteiger partial charge in [0.05, 0.1) is 24.1 Å². The zero-order valence-corrected chi connectivity index (χ0v) is 18.3. The van der Waals surface area contributed by atoms with Crippen LogP contribution in [-0.4, -0.2) is 33.6 Å². The summed E-state index contributed by atoms with van der Waals surface area (Å²) in [6, 6.07) is 18.7.